The first-order valence-electron chi connectivity index (χ1n) is 32.4. The average molecular weight is 1330 g/mol. The molecule has 2 aliphatic heterocycles. The van der Waals surface area contributed by atoms with E-state index in [2.05, 4.69) is 22.9 Å². The summed E-state index contributed by atoms with van der Waals surface area (Å²) in [5.41, 5.74) is -0.320. The zero-order valence-electron chi connectivity index (χ0n) is 55.0. The Kier molecular flexibility index (Phi) is 43.8. The lowest BCUT2D eigenvalue weighted by Gasteiger charge is -2.38. The summed E-state index contributed by atoms with van der Waals surface area (Å²) < 4.78 is 96.0. The number of carbonyl (C=O) groups excluding carboxylic acids is 5. The maximum absolute atomic E-state index is 13.9. The summed E-state index contributed by atoms with van der Waals surface area (Å²) in [5, 5.41) is 8.67. The number of unbranched alkanes of at least 4 members (excludes halogenated alkanes) is 26. The quantitative estimate of drug-likeness (QED) is 0.0366. The second kappa shape index (κ2) is 47.6. The molecule has 0 bridgehead atoms. The second-order valence-electron chi connectivity index (χ2n) is 22.3. The van der Waals surface area contributed by atoms with Crippen LogP contribution < -0.4 is 0 Å². The Morgan fingerprint density at radius 3 is 1.08 bits per heavy atom. The lowest BCUT2D eigenvalue weighted by molar-refractivity contribution is -0.114. The molecule has 0 aromatic heterocycles. The molecule has 1 N–H and O–H groups in total. The molecule has 0 radical (unpaired) electrons. The lowest BCUT2D eigenvalue weighted by atomic mass is 10.0. The van der Waals surface area contributed by atoms with E-state index in [9.17, 15) is 47.3 Å². The molecule has 89 heavy (non-hydrogen) atoms. The van der Waals surface area contributed by atoms with Gasteiger partial charge in [0.15, 0.2) is 6.16 Å². The molecule has 0 saturated carbocycles. The van der Waals surface area contributed by atoms with E-state index in [0.717, 1.165) is 72.7 Å². The Hall–Kier alpha value is -3.22. The number of hydrogen-bond acceptors (Lipinski definition) is 19. The van der Waals surface area contributed by atoms with Crippen LogP contribution in [0.2, 0.25) is 0 Å². The van der Waals surface area contributed by atoms with Crippen LogP contribution in [0.5, 0.6) is 0 Å². The molecule has 0 aliphatic carbocycles. The molecule has 0 fully saturated rings. The van der Waals surface area contributed by atoms with Crippen LogP contribution in [-0.2, 0) is 64.2 Å². The van der Waals surface area contributed by atoms with E-state index >= 15 is 0 Å². The van der Waals surface area contributed by atoms with Crippen molar-refractivity contribution in [2.24, 2.45) is 0 Å². The predicted molar refractivity (Wildman–Crippen MR) is 348 cm³/mol. The van der Waals surface area contributed by atoms with Crippen LogP contribution in [-0.4, -0.2) is 144 Å². The molecule has 25 heteroatoms. The van der Waals surface area contributed by atoms with E-state index in [-0.39, 0.29) is 28.9 Å². The van der Waals surface area contributed by atoms with Crippen molar-refractivity contribution in [3.8, 4) is 0 Å². The first-order valence-corrected chi connectivity index (χ1v) is 38.4. The second-order valence-corrected chi connectivity index (χ2v) is 31.1. The third-order valence-corrected chi connectivity index (χ3v) is 23.9. The molecule has 2 aliphatic rings. The highest BCUT2D eigenvalue weighted by Gasteiger charge is 2.66. The van der Waals surface area contributed by atoms with Crippen molar-refractivity contribution in [2.45, 2.75) is 212 Å². The first kappa shape index (κ1) is 81.9. The Morgan fingerprint density at radius 1 is 0.438 bits per heavy atom. The van der Waals surface area contributed by atoms with Crippen LogP contribution in [0.25, 0.3) is 0 Å². The van der Waals surface area contributed by atoms with Crippen LogP contribution in [0.15, 0.2) is 48.5 Å². The summed E-state index contributed by atoms with van der Waals surface area (Å²) in [4.78, 5) is 63.3. The zero-order valence-corrected chi connectivity index (χ0v) is 58.5. The number of imide groups is 2. The normalized spacial score (nSPS) is 14.6. The number of rotatable bonds is 52. The van der Waals surface area contributed by atoms with E-state index in [4.69, 9.17) is 32.1 Å². The van der Waals surface area contributed by atoms with Gasteiger partial charge < -0.3 is 41.7 Å². The Morgan fingerprint density at radius 2 is 0.753 bits per heavy atom. The third-order valence-electron chi connectivity index (χ3n) is 15.6. The standard InChI is InChI=1S/C32H55NO10P2.C20H42O3P.C12H12NO6P/c1-5-6-7-8-9-10-11-12-13-14-15-16-17-20-24-42-25-21-26-43-45(38,41-4)32(36,44(37,39-2)40-3)27-33-30(34)28-22-18-19-23-29(28)31(33)35;1-3-4-5-6-7-8-9-10-11-12-13-14-15-16-18-23-19-17-20-24(21)22-2;1-18-20(17,19-2)10(14)7-13-11(15)8-5-3-4-6-9(8)12(13)16/h18-19,22-23,36H,5-17,20-21,24-27H2,1-4H3;3-20H2,1-2H3;3-6H,7H2,1-2H3/q;+1;. The van der Waals surface area contributed by atoms with Gasteiger partial charge in [0.25, 0.3) is 34.2 Å². The van der Waals surface area contributed by atoms with Crippen molar-refractivity contribution in [1.29, 1.82) is 0 Å². The molecule has 4 amide bonds. The van der Waals surface area contributed by atoms with Crippen molar-refractivity contribution >= 4 is 60.0 Å². The summed E-state index contributed by atoms with van der Waals surface area (Å²) in [6.45, 7) is 5.16. The van der Waals surface area contributed by atoms with Gasteiger partial charge in [-0.05, 0) is 48.1 Å². The van der Waals surface area contributed by atoms with E-state index in [0.29, 0.717) is 37.3 Å². The highest BCUT2D eigenvalue weighted by Crippen LogP contribution is 2.76. The largest absolute Gasteiger partial charge is 0.507 e. The Balaban J connectivity index is 0.000000511. The molecule has 508 valence electrons. The molecule has 2 aromatic carbocycles. The van der Waals surface area contributed by atoms with Gasteiger partial charge in [-0.1, -0.05) is 205 Å². The monoisotopic (exact) mass is 1330 g/mol. The molecule has 3 atom stereocenters. The van der Waals surface area contributed by atoms with Gasteiger partial charge in [0, 0.05) is 61.8 Å². The SMILES string of the molecule is CCCCCCCCCCCCCCCCOCCCOP(=O)(OC)C(O)(CN1C(=O)c2ccccc2C1=O)P(=O)(OC)OC.CCCCCCCCCCCCCCCCOCCC[P+](=O)OC.COP(=O)(OC)C(=O)CN1C(=O)c2ccccc2C1=O. The fraction of sp³-hybridized carbons (Fsp3) is 0.734. The number of benzene rings is 2. The number of aliphatic hydroxyl groups is 1. The number of carbonyl (C=O) groups is 5. The van der Waals surface area contributed by atoms with Gasteiger partial charge in [0.1, 0.15) is 6.54 Å². The molecular weight excluding hydrogens is 1220 g/mol. The van der Waals surface area contributed by atoms with Gasteiger partial charge in [-0.25, -0.2) is 0 Å². The summed E-state index contributed by atoms with van der Waals surface area (Å²) >= 11 is 0. The van der Waals surface area contributed by atoms with Crippen molar-refractivity contribution in [1.82, 2.24) is 9.80 Å². The topological polar surface area (TPSA) is 263 Å². The minimum Gasteiger partial charge on any atom is -0.381 e. The number of nitrogens with zero attached hydrogens (tertiary/aromatic N) is 2. The molecule has 0 saturated heterocycles. The van der Waals surface area contributed by atoms with E-state index < -0.39 is 78.1 Å². The van der Waals surface area contributed by atoms with Crippen LogP contribution in [0.4, 0.5) is 0 Å². The summed E-state index contributed by atoms with van der Waals surface area (Å²) in [5.74, 6) is -2.71. The summed E-state index contributed by atoms with van der Waals surface area (Å²) in [7, 11) is -8.21. The van der Waals surface area contributed by atoms with E-state index in [1.807, 2.05) is 0 Å². The summed E-state index contributed by atoms with van der Waals surface area (Å²) in [6.07, 6.45) is 39.1. The van der Waals surface area contributed by atoms with Crippen LogP contribution in [0.1, 0.15) is 248 Å². The van der Waals surface area contributed by atoms with Gasteiger partial charge in [0.05, 0.1) is 49.1 Å². The molecule has 2 aromatic rings. The van der Waals surface area contributed by atoms with Gasteiger partial charge >= 0.3 is 30.8 Å². The van der Waals surface area contributed by atoms with E-state index in [1.165, 1.54) is 192 Å². The van der Waals surface area contributed by atoms with Gasteiger partial charge in [-0.3, -0.25) is 47.5 Å². The highest BCUT2D eigenvalue weighted by atomic mass is 31.2. The van der Waals surface area contributed by atoms with Crippen LogP contribution in [0, 0.1) is 0 Å². The third kappa shape index (κ3) is 28.5. The lowest BCUT2D eigenvalue weighted by Crippen LogP contribution is -2.46. The average Bonchev–Trinajstić information content (AvgIpc) is 1.65. The van der Waals surface area contributed by atoms with Crippen molar-refractivity contribution < 1.29 is 88.5 Å². The molecule has 0 spiro atoms. The fourth-order valence-electron chi connectivity index (χ4n) is 10.2. The number of ether oxygens (including phenoxy) is 2. The smallest absolute Gasteiger partial charge is 0.381 e. The highest BCUT2D eigenvalue weighted by molar-refractivity contribution is 7.74. The van der Waals surface area contributed by atoms with Crippen molar-refractivity contribution in [3.63, 3.8) is 0 Å². The number of hydrogen-bond donors (Lipinski definition) is 1. The zero-order chi connectivity index (χ0) is 65.8. The maximum atomic E-state index is 13.9. The predicted octanol–water partition coefficient (Wildman–Crippen LogP) is 16.7. The molecule has 2 heterocycles. The number of amides is 4. The van der Waals surface area contributed by atoms with Gasteiger partial charge in [-0.2, -0.15) is 0 Å². The molecular formula is C64H109N2O19P4+. The maximum Gasteiger partial charge on any atom is 0.507 e. The Labute approximate surface area is 533 Å². The van der Waals surface area contributed by atoms with Crippen molar-refractivity contribution in [2.75, 3.05) is 94.9 Å². The molecule has 21 nitrogen and oxygen atoms in total. The molecule has 4 rings (SSSR count). The summed E-state index contributed by atoms with van der Waals surface area (Å²) in [6, 6.07) is 12.3. The fourth-order valence-corrected chi connectivity index (χ4v) is 16.1. The Bertz CT molecular complexity index is 2430. The minimum absolute atomic E-state index is 0.0960. The number of fused-ring (bicyclic) bond motifs is 2. The molecule has 3 unspecified atom stereocenters. The van der Waals surface area contributed by atoms with E-state index in [1.54, 1.807) is 24.3 Å². The first-order chi connectivity index (χ1) is 42.9. The minimum atomic E-state index is -4.73. The van der Waals surface area contributed by atoms with Gasteiger partial charge in [0.2, 0.25) is 0 Å². The number of β-amino-alcohol motifs (C(OH)–C–C–N with tert-alkyl or cyclic N) is 1. The van der Waals surface area contributed by atoms with Crippen LogP contribution >= 0.6 is 30.8 Å². The van der Waals surface area contributed by atoms with Crippen molar-refractivity contribution in [3.05, 3.63) is 70.8 Å². The van der Waals surface area contributed by atoms with Crippen LogP contribution in [0.3, 0.4) is 0 Å². The van der Waals surface area contributed by atoms with Gasteiger partial charge in [-0.15, -0.1) is 4.52 Å².